The van der Waals surface area contributed by atoms with Crippen molar-refractivity contribution < 1.29 is 32.2 Å². The van der Waals surface area contributed by atoms with Crippen LogP contribution >= 0.6 is 0 Å². The van der Waals surface area contributed by atoms with Crippen molar-refractivity contribution in [2.75, 3.05) is 19.5 Å². The summed E-state index contributed by atoms with van der Waals surface area (Å²) in [4.78, 5) is 16.6. The topological polar surface area (TPSA) is 74.6 Å². The number of hydrogen-bond acceptors (Lipinski definition) is 6. The van der Waals surface area contributed by atoms with Crippen molar-refractivity contribution in [1.29, 1.82) is 0 Å². The van der Waals surface area contributed by atoms with Crippen LogP contribution in [-0.2, 0) is 16.0 Å². The Kier molecular flexibility index (Phi) is 7.80. The molecule has 1 aliphatic rings. The van der Waals surface area contributed by atoms with Crippen LogP contribution in [0.25, 0.3) is 11.0 Å². The van der Waals surface area contributed by atoms with Gasteiger partial charge < -0.3 is 24.1 Å². The summed E-state index contributed by atoms with van der Waals surface area (Å²) in [6, 6.07) is 9.62. The number of carbonyl (C=O) groups excluding carboxylic acids is 1. The molecule has 2 atom stereocenters. The Balaban J connectivity index is 1.76. The van der Waals surface area contributed by atoms with Crippen LogP contribution in [0.1, 0.15) is 58.1 Å². The highest BCUT2D eigenvalue weighted by molar-refractivity contribution is 5.83. The van der Waals surface area contributed by atoms with Crippen LogP contribution in [0.5, 0.6) is 11.5 Å². The number of hydrogen-bond donors (Lipinski definition) is 1. The van der Waals surface area contributed by atoms with E-state index >= 15 is 0 Å². The molecule has 2 aromatic carbocycles. The van der Waals surface area contributed by atoms with E-state index in [1.54, 1.807) is 7.11 Å². The normalized spacial score (nSPS) is 19.3. The van der Waals surface area contributed by atoms with Crippen molar-refractivity contribution in [3.05, 3.63) is 42.0 Å². The number of fused-ring (bicyclic) bond motifs is 1. The highest BCUT2D eigenvalue weighted by Crippen LogP contribution is 2.46. The minimum Gasteiger partial charge on any atom is -0.496 e. The number of benzene rings is 2. The summed E-state index contributed by atoms with van der Waals surface area (Å²) < 4.78 is 54.4. The minimum absolute atomic E-state index is 0.136. The van der Waals surface area contributed by atoms with Gasteiger partial charge >= 0.3 is 12.3 Å². The van der Waals surface area contributed by atoms with E-state index in [0.717, 1.165) is 35.9 Å². The highest BCUT2D eigenvalue weighted by Gasteiger charge is 2.35. The second-order valence-electron chi connectivity index (χ2n) is 10.8. The first-order valence-corrected chi connectivity index (χ1v) is 12.7. The van der Waals surface area contributed by atoms with Crippen molar-refractivity contribution in [3.8, 4) is 11.5 Å². The van der Waals surface area contributed by atoms with Crippen LogP contribution in [0.3, 0.4) is 0 Å². The molecule has 10 heteroatoms. The number of anilines is 2. The number of aromatic nitrogens is 2. The van der Waals surface area contributed by atoms with Crippen LogP contribution in [0, 0.1) is 11.3 Å². The number of methoxy groups -OCH3 is 2. The fraction of sp³-hybridized carbons (Fsp3) is 0.500. The SMILES string of the molecule is COC(=O)CCc1cc2nc(Nc3ccc(OC(F)(F)F)cc3)n([C@H]3C[C@H](C)CC(C)(C)C3)c2cc1OC. The number of nitrogens with zero attached hydrogens (tertiary/aromatic N) is 2. The van der Waals surface area contributed by atoms with E-state index in [2.05, 4.69) is 35.4 Å². The number of rotatable bonds is 8. The van der Waals surface area contributed by atoms with Crippen molar-refractivity contribution in [1.82, 2.24) is 9.55 Å². The first-order chi connectivity index (χ1) is 17.9. The van der Waals surface area contributed by atoms with E-state index in [9.17, 15) is 18.0 Å². The Morgan fingerprint density at radius 2 is 1.87 bits per heavy atom. The predicted octanol–water partition coefficient (Wildman–Crippen LogP) is 7.18. The van der Waals surface area contributed by atoms with Crippen LogP contribution in [0.15, 0.2) is 36.4 Å². The van der Waals surface area contributed by atoms with Crippen LogP contribution < -0.4 is 14.8 Å². The van der Waals surface area contributed by atoms with E-state index in [-0.39, 0.29) is 29.6 Å². The number of halogens is 3. The summed E-state index contributed by atoms with van der Waals surface area (Å²) in [6.45, 7) is 6.80. The maximum atomic E-state index is 12.6. The Morgan fingerprint density at radius 3 is 2.47 bits per heavy atom. The third-order valence-electron chi connectivity index (χ3n) is 6.99. The minimum atomic E-state index is -4.75. The maximum Gasteiger partial charge on any atom is 0.573 e. The number of ether oxygens (including phenoxy) is 3. The van der Waals surface area contributed by atoms with Gasteiger partial charge in [-0.05, 0) is 72.9 Å². The lowest BCUT2D eigenvalue weighted by atomic mass is 9.70. The van der Waals surface area contributed by atoms with Gasteiger partial charge in [0.1, 0.15) is 11.5 Å². The lowest BCUT2D eigenvalue weighted by Gasteiger charge is -2.40. The van der Waals surface area contributed by atoms with Gasteiger partial charge in [-0.2, -0.15) is 0 Å². The molecule has 38 heavy (non-hydrogen) atoms. The molecule has 7 nitrogen and oxygen atoms in total. The second kappa shape index (κ2) is 10.7. The Labute approximate surface area is 220 Å². The Bertz CT molecular complexity index is 1290. The first kappa shape index (κ1) is 27.6. The van der Waals surface area contributed by atoms with Crippen molar-refractivity contribution in [2.45, 2.75) is 65.3 Å². The van der Waals surface area contributed by atoms with E-state index in [4.69, 9.17) is 14.5 Å². The second-order valence-corrected chi connectivity index (χ2v) is 10.8. The standard InChI is InChI=1S/C28H34F3N3O4/c1-17-12-20(16-27(2,3)15-17)34-23-14-24(36-4)18(6-11-25(35)37-5)13-22(23)33-26(34)32-19-7-9-21(10-8-19)38-28(29,30)31/h7-10,13-14,17,20H,6,11-12,15-16H2,1-5H3,(H,32,33)/t17-,20-/m0/s1. The van der Waals surface area contributed by atoms with E-state index < -0.39 is 6.36 Å². The quantitative estimate of drug-likeness (QED) is 0.309. The first-order valence-electron chi connectivity index (χ1n) is 12.7. The van der Waals surface area contributed by atoms with Gasteiger partial charge in [-0.1, -0.05) is 20.8 Å². The molecule has 1 aromatic heterocycles. The number of alkyl halides is 3. The molecule has 1 N–H and O–H groups in total. The van der Waals surface area contributed by atoms with Crippen molar-refractivity contribution in [3.63, 3.8) is 0 Å². The summed E-state index contributed by atoms with van der Waals surface area (Å²) in [6.07, 6.45) is -1.06. The predicted molar refractivity (Wildman–Crippen MR) is 139 cm³/mol. The fourth-order valence-electron chi connectivity index (χ4n) is 5.71. The summed E-state index contributed by atoms with van der Waals surface area (Å²) in [7, 11) is 2.95. The van der Waals surface area contributed by atoms with E-state index in [0.29, 0.717) is 29.7 Å². The molecule has 4 rings (SSSR count). The van der Waals surface area contributed by atoms with E-state index in [1.165, 1.54) is 31.4 Å². The molecule has 0 unspecified atom stereocenters. The smallest absolute Gasteiger partial charge is 0.496 e. The highest BCUT2D eigenvalue weighted by atomic mass is 19.4. The average molecular weight is 534 g/mol. The Hall–Kier alpha value is -3.43. The average Bonchev–Trinajstić information content (AvgIpc) is 3.17. The molecular weight excluding hydrogens is 499 g/mol. The lowest BCUT2D eigenvalue weighted by Crippen LogP contribution is -2.29. The molecule has 0 amide bonds. The molecule has 206 valence electrons. The molecule has 1 aliphatic carbocycles. The molecule has 0 aliphatic heterocycles. The molecule has 1 saturated carbocycles. The summed E-state index contributed by atoms with van der Waals surface area (Å²) in [5.74, 6) is 1.15. The molecule has 0 saturated heterocycles. The van der Waals surface area contributed by atoms with Gasteiger partial charge in [0, 0.05) is 24.2 Å². The van der Waals surface area contributed by atoms with Crippen LogP contribution in [0.2, 0.25) is 0 Å². The van der Waals surface area contributed by atoms with Gasteiger partial charge in [-0.25, -0.2) is 4.98 Å². The van der Waals surface area contributed by atoms with Crippen LogP contribution in [-0.4, -0.2) is 36.1 Å². The third-order valence-corrected chi connectivity index (χ3v) is 6.99. The number of aryl methyl sites for hydroxylation is 1. The van der Waals surface area contributed by atoms with Gasteiger partial charge in [0.15, 0.2) is 0 Å². The maximum absolute atomic E-state index is 12.6. The van der Waals surface area contributed by atoms with Gasteiger partial charge in [0.05, 0.1) is 25.3 Å². The third kappa shape index (κ3) is 6.52. The molecule has 1 fully saturated rings. The largest absolute Gasteiger partial charge is 0.573 e. The molecule has 3 aromatic rings. The number of carbonyl (C=O) groups is 1. The molecule has 0 spiro atoms. The molecular formula is C28H34F3N3O4. The molecule has 0 radical (unpaired) electrons. The number of esters is 1. The van der Waals surface area contributed by atoms with Gasteiger partial charge in [0.2, 0.25) is 5.95 Å². The zero-order chi connectivity index (χ0) is 27.7. The summed E-state index contributed by atoms with van der Waals surface area (Å²) in [5, 5.41) is 3.31. The summed E-state index contributed by atoms with van der Waals surface area (Å²) in [5.41, 5.74) is 3.18. The monoisotopic (exact) mass is 533 g/mol. The lowest BCUT2D eigenvalue weighted by molar-refractivity contribution is -0.274. The summed E-state index contributed by atoms with van der Waals surface area (Å²) >= 11 is 0. The molecule has 1 heterocycles. The van der Waals surface area contributed by atoms with Gasteiger partial charge in [0.25, 0.3) is 0 Å². The van der Waals surface area contributed by atoms with Crippen molar-refractivity contribution >= 4 is 28.6 Å². The molecule has 0 bridgehead atoms. The Morgan fingerprint density at radius 1 is 1.16 bits per heavy atom. The fourth-order valence-corrected chi connectivity index (χ4v) is 5.71. The van der Waals surface area contributed by atoms with Gasteiger partial charge in [-0.15, -0.1) is 13.2 Å². The number of nitrogens with one attached hydrogen (secondary N) is 1. The van der Waals surface area contributed by atoms with E-state index in [1.807, 2.05) is 12.1 Å². The van der Waals surface area contributed by atoms with Gasteiger partial charge in [-0.3, -0.25) is 4.79 Å². The number of imidazole rings is 1. The van der Waals surface area contributed by atoms with Crippen LogP contribution in [0.4, 0.5) is 24.8 Å². The zero-order valence-corrected chi connectivity index (χ0v) is 22.3. The zero-order valence-electron chi connectivity index (χ0n) is 22.3. The van der Waals surface area contributed by atoms with Crippen molar-refractivity contribution in [2.24, 2.45) is 11.3 Å².